The SMILES string of the molecule is NCc1ccccc1CC12CNCCN1C=C(N1CCCC(N)C1)NC2=O. The summed E-state index contributed by atoms with van der Waals surface area (Å²) >= 11 is 0. The molecule has 146 valence electrons. The Balaban J connectivity index is 1.64. The standard InChI is InChI=1S/C20H30N6O/c21-11-16-5-2-1-4-15(16)10-20-14-23-7-9-26(20)13-18(24-19(20)27)25-8-3-6-17(22)12-25/h1-2,4-5,13,17,23H,3,6-12,14,21-22H2,(H,24,27). The van der Waals surface area contributed by atoms with Crippen molar-refractivity contribution in [2.45, 2.75) is 37.4 Å². The van der Waals surface area contributed by atoms with Crippen LogP contribution in [0.2, 0.25) is 0 Å². The van der Waals surface area contributed by atoms with Crippen molar-refractivity contribution in [3.63, 3.8) is 0 Å². The fourth-order valence-electron chi connectivity index (χ4n) is 4.50. The number of benzene rings is 1. The molecule has 1 aromatic rings. The van der Waals surface area contributed by atoms with Crippen LogP contribution < -0.4 is 22.1 Å². The molecule has 7 nitrogen and oxygen atoms in total. The molecule has 0 saturated carbocycles. The second-order valence-corrected chi connectivity index (χ2v) is 7.87. The van der Waals surface area contributed by atoms with E-state index in [9.17, 15) is 4.79 Å². The van der Waals surface area contributed by atoms with Gasteiger partial charge in [0.15, 0.2) is 0 Å². The third-order valence-electron chi connectivity index (χ3n) is 6.06. The summed E-state index contributed by atoms with van der Waals surface area (Å²) in [6.07, 6.45) is 4.88. The minimum Gasteiger partial charge on any atom is -0.358 e. The monoisotopic (exact) mass is 370 g/mol. The van der Waals surface area contributed by atoms with E-state index in [0.29, 0.717) is 19.5 Å². The Morgan fingerprint density at radius 1 is 1.22 bits per heavy atom. The minimum absolute atomic E-state index is 0.0539. The van der Waals surface area contributed by atoms with Crippen molar-refractivity contribution in [1.82, 2.24) is 20.4 Å². The van der Waals surface area contributed by atoms with Crippen LogP contribution in [0.5, 0.6) is 0 Å². The zero-order valence-corrected chi connectivity index (χ0v) is 15.8. The molecule has 3 aliphatic rings. The first-order chi connectivity index (χ1) is 13.1. The van der Waals surface area contributed by atoms with Crippen molar-refractivity contribution >= 4 is 5.91 Å². The summed E-state index contributed by atoms with van der Waals surface area (Å²) in [5.74, 6) is 0.943. The van der Waals surface area contributed by atoms with E-state index in [1.807, 2.05) is 18.2 Å². The number of rotatable bonds is 4. The van der Waals surface area contributed by atoms with Crippen molar-refractivity contribution in [3.8, 4) is 0 Å². The molecule has 27 heavy (non-hydrogen) atoms. The fourth-order valence-corrected chi connectivity index (χ4v) is 4.50. The van der Waals surface area contributed by atoms with E-state index in [1.165, 1.54) is 0 Å². The molecule has 2 unspecified atom stereocenters. The van der Waals surface area contributed by atoms with E-state index in [0.717, 1.165) is 56.0 Å². The van der Waals surface area contributed by atoms with Gasteiger partial charge in [-0.05, 0) is 24.0 Å². The number of piperidine rings is 1. The number of likely N-dealkylation sites (tertiary alicyclic amines) is 1. The van der Waals surface area contributed by atoms with E-state index >= 15 is 0 Å². The molecule has 1 amide bonds. The van der Waals surface area contributed by atoms with Gasteiger partial charge in [0, 0.05) is 57.9 Å². The molecule has 2 fully saturated rings. The van der Waals surface area contributed by atoms with Crippen LogP contribution in [-0.4, -0.2) is 60.0 Å². The Kier molecular flexibility index (Phi) is 5.08. The van der Waals surface area contributed by atoms with Crippen LogP contribution in [-0.2, 0) is 17.8 Å². The number of carbonyl (C=O) groups is 1. The van der Waals surface area contributed by atoms with Crippen molar-refractivity contribution in [1.29, 1.82) is 0 Å². The summed E-state index contributed by atoms with van der Waals surface area (Å²) in [5.41, 5.74) is 13.7. The first kappa shape index (κ1) is 18.3. The zero-order valence-electron chi connectivity index (χ0n) is 15.8. The number of nitrogens with zero attached hydrogens (tertiary/aromatic N) is 2. The van der Waals surface area contributed by atoms with Gasteiger partial charge in [-0.1, -0.05) is 24.3 Å². The van der Waals surface area contributed by atoms with Gasteiger partial charge >= 0.3 is 0 Å². The molecule has 4 rings (SSSR count). The molecule has 6 N–H and O–H groups in total. The number of fused-ring (bicyclic) bond motifs is 1. The quantitative estimate of drug-likeness (QED) is 0.580. The molecule has 3 aliphatic heterocycles. The molecule has 2 atom stereocenters. The molecular weight excluding hydrogens is 340 g/mol. The smallest absolute Gasteiger partial charge is 0.253 e. The lowest BCUT2D eigenvalue weighted by Crippen LogP contribution is -2.70. The molecule has 0 aliphatic carbocycles. The Bertz CT molecular complexity index is 735. The highest BCUT2D eigenvalue weighted by Gasteiger charge is 2.48. The number of carbonyl (C=O) groups excluding carboxylic acids is 1. The van der Waals surface area contributed by atoms with Crippen molar-refractivity contribution in [2.24, 2.45) is 11.5 Å². The lowest BCUT2D eigenvalue weighted by molar-refractivity contribution is -0.134. The topological polar surface area (TPSA) is 99.7 Å². The average Bonchev–Trinajstić information content (AvgIpc) is 2.69. The van der Waals surface area contributed by atoms with E-state index in [4.69, 9.17) is 11.5 Å². The van der Waals surface area contributed by atoms with Crippen LogP contribution in [0.1, 0.15) is 24.0 Å². The Labute approximate surface area is 160 Å². The molecule has 2 saturated heterocycles. The van der Waals surface area contributed by atoms with E-state index in [1.54, 1.807) is 0 Å². The van der Waals surface area contributed by atoms with Crippen molar-refractivity contribution in [2.75, 3.05) is 32.7 Å². The summed E-state index contributed by atoms with van der Waals surface area (Å²) in [5, 5.41) is 6.60. The predicted octanol–water partition coefficient (Wildman–Crippen LogP) is -0.316. The summed E-state index contributed by atoms with van der Waals surface area (Å²) in [6.45, 7) is 4.52. The predicted molar refractivity (Wildman–Crippen MR) is 105 cm³/mol. The van der Waals surface area contributed by atoms with Gasteiger partial charge in [0.25, 0.3) is 5.91 Å². The Hall–Kier alpha value is -2.09. The number of amides is 1. The number of hydrogen-bond acceptors (Lipinski definition) is 6. The number of nitrogens with two attached hydrogens (primary N) is 2. The second-order valence-electron chi connectivity index (χ2n) is 7.87. The molecular formula is C20H30N6O. The third kappa shape index (κ3) is 3.42. The van der Waals surface area contributed by atoms with Crippen LogP contribution in [0, 0.1) is 0 Å². The highest BCUT2D eigenvalue weighted by molar-refractivity contribution is 5.90. The van der Waals surface area contributed by atoms with Gasteiger partial charge < -0.3 is 31.9 Å². The maximum absolute atomic E-state index is 13.4. The molecule has 0 spiro atoms. The van der Waals surface area contributed by atoms with Gasteiger partial charge in [-0.25, -0.2) is 0 Å². The van der Waals surface area contributed by atoms with Gasteiger partial charge in [0.2, 0.25) is 0 Å². The largest absolute Gasteiger partial charge is 0.358 e. The molecule has 7 heteroatoms. The Morgan fingerprint density at radius 3 is 2.81 bits per heavy atom. The zero-order chi connectivity index (χ0) is 18.9. The fraction of sp³-hybridized carbons (Fsp3) is 0.550. The second kappa shape index (κ2) is 7.50. The van der Waals surface area contributed by atoms with Crippen LogP contribution in [0.3, 0.4) is 0 Å². The molecule has 0 bridgehead atoms. The van der Waals surface area contributed by atoms with E-state index < -0.39 is 5.54 Å². The van der Waals surface area contributed by atoms with Crippen molar-refractivity contribution in [3.05, 3.63) is 47.4 Å². The summed E-state index contributed by atoms with van der Waals surface area (Å²) in [6, 6.07) is 8.31. The van der Waals surface area contributed by atoms with Gasteiger partial charge in [-0.15, -0.1) is 0 Å². The highest BCUT2D eigenvalue weighted by atomic mass is 16.2. The van der Waals surface area contributed by atoms with Gasteiger partial charge in [-0.2, -0.15) is 0 Å². The van der Waals surface area contributed by atoms with E-state index in [-0.39, 0.29) is 11.9 Å². The molecule has 3 heterocycles. The van der Waals surface area contributed by atoms with Gasteiger partial charge in [-0.3, -0.25) is 4.79 Å². The number of piperazine rings is 1. The van der Waals surface area contributed by atoms with Crippen LogP contribution >= 0.6 is 0 Å². The normalized spacial score (nSPS) is 28.4. The molecule has 0 radical (unpaired) electrons. The maximum atomic E-state index is 13.4. The van der Waals surface area contributed by atoms with Gasteiger partial charge in [0.05, 0.1) is 0 Å². The number of nitrogens with one attached hydrogen (secondary N) is 2. The summed E-state index contributed by atoms with van der Waals surface area (Å²) in [7, 11) is 0. The summed E-state index contributed by atoms with van der Waals surface area (Å²) in [4.78, 5) is 17.8. The molecule has 0 aromatic heterocycles. The third-order valence-corrected chi connectivity index (χ3v) is 6.06. The van der Waals surface area contributed by atoms with Crippen molar-refractivity contribution < 1.29 is 4.79 Å². The Morgan fingerprint density at radius 2 is 2.04 bits per heavy atom. The lowest BCUT2D eigenvalue weighted by atomic mass is 9.83. The average molecular weight is 371 g/mol. The van der Waals surface area contributed by atoms with Gasteiger partial charge in [0.1, 0.15) is 11.4 Å². The number of hydrogen-bond donors (Lipinski definition) is 4. The van der Waals surface area contributed by atoms with E-state index in [2.05, 4.69) is 32.7 Å². The van der Waals surface area contributed by atoms with Crippen LogP contribution in [0.15, 0.2) is 36.3 Å². The van der Waals surface area contributed by atoms with Crippen LogP contribution in [0.4, 0.5) is 0 Å². The maximum Gasteiger partial charge on any atom is 0.253 e. The first-order valence-corrected chi connectivity index (χ1v) is 9.90. The highest BCUT2D eigenvalue weighted by Crippen LogP contribution is 2.30. The molecule has 1 aromatic carbocycles. The minimum atomic E-state index is -0.620. The first-order valence-electron chi connectivity index (χ1n) is 9.90. The lowest BCUT2D eigenvalue weighted by Gasteiger charge is -2.50. The van der Waals surface area contributed by atoms with Crippen LogP contribution in [0.25, 0.3) is 0 Å². The summed E-state index contributed by atoms with van der Waals surface area (Å²) < 4.78 is 0.